The fourth-order valence-corrected chi connectivity index (χ4v) is 1.66. The monoisotopic (exact) mass is 289 g/mol. The minimum Gasteiger partial charge on any atom is -0.494 e. The maximum atomic E-state index is 11.7. The molecular formula is C15H19N3O3. The van der Waals surface area contributed by atoms with Gasteiger partial charge in [-0.05, 0) is 30.7 Å². The Morgan fingerprint density at radius 2 is 1.86 bits per heavy atom. The Bertz CT molecular complexity index is 578. The molecule has 6 nitrogen and oxygen atoms in total. The van der Waals surface area contributed by atoms with Gasteiger partial charge >= 0.3 is 0 Å². The lowest BCUT2D eigenvalue weighted by Gasteiger charge is -2.08. The predicted molar refractivity (Wildman–Crippen MR) is 79.6 cm³/mol. The van der Waals surface area contributed by atoms with Gasteiger partial charge in [0.05, 0.1) is 6.61 Å². The van der Waals surface area contributed by atoms with E-state index in [0.29, 0.717) is 18.2 Å². The lowest BCUT2D eigenvalue weighted by molar-refractivity contribution is -0.118. The number of hydrogen-bond acceptors (Lipinski definition) is 4. The van der Waals surface area contributed by atoms with Gasteiger partial charge in [0.2, 0.25) is 0 Å². The zero-order chi connectivity index (χ0) is 15.1. The second kappa shape index (κ2) is 7.33. The molecule has 0 spiro atoms. The summed E-state index contributed by atoms with van der Waals surface area (Å²) >= 11 is 0. The van der Waals surface area contributed by atoms with Crippen LogP contribution in [0.4, 0.5) is 5.82 Å². The van der Waals surface area contributed by atoms with E-state index in [9.17, 15) is 4.79 Å². The summed E-state index contributed by atoms with van der Waals surface area (Å²) in [5.74, 6) is 1.67. The largest absolute Gasteiger partial charge is 0.494 e. The highest BCUT2D eigenvalue weighted by Crippen LogP contribution is 2.17. The van der Waals surface area contributed by atoms with Crippen LogP contribution >= 0.6 is 0 Å². The first-order valence-corrected chi connectivity index (χ1v) is 6.82. The minimum atomic E-state index is -0.250. The average Bonchev–Trinajstić information content (AvgIpc) is 2.89. The predicted octanol–water partition coefficient (Wildman–Crippen LogP) is 2.23. The van der Waals surface area contributed by atoms with Crippen molar-refractivity contribution in [3.63, 3.8) is 0 Å². The number of amides is 1. The van der Waals surface area contributed by atoms with E-state index in [1.54, 1.807) is 36.1 Å². The Hall–Kier alpha value is -2.50. The number of benzene rings is 1. The summed E-state index contributed by atoms with van der Waals surface area (Å²) in [4.78, 5) is 11.7. The molecule has 0 saturated heterocycles. The quantitative estimate of drug-likeness (QED) is 0.849. The van der Waals surface area contributed by atoms with E-state index in [1.807, 2.05) is 12.1 Å². The molecule has 0 aliphatic heterocycles. The maximum absolute atomic E-state index is 11.7. The van der Waals surface area contributed by atoms with Crippen LogP contribution < -0.4 is 14.8 Å². The van der Waals surface area contributed by atoms with Crippen molar-refractivity contribution < 1.29 is 14.3 Å². The number of hydrogen-bond donors (Lipinski definition) is 1. The molecule has 0 aliphatic carbocycles. The topological polar surface area (TPSA) is 65.4 Å². The molecule has 0 bridgehead atoms. The summed E-state index contributed by atoms with van der Waals surface area (Å²) in [5, 5.41) is 6.71. The molecule has 2 aromatic rings. The Morgan fingerprint density at radius 1 is 1.19 bits per heavy atom. The summed E-state index contributed by atoms with van der Waals surface area (Å²) in [6.07, 6.45) is 2.72. The standard InChI is InChI=1S/C15H19N3O3/c1-3-10-20-12-4-6-13(7-5-12)21-11-15(19)16-14-8-9-18(2)17-14/h4-9H,3,10-11H2,1-2H3,(H,16,17,19). The first-order chi connectivity index (χ1) is 10.2. The van der Waals surface area contributed by atoms with Crippen molar-refractivity contribution in [1.82, 2.24) is 9.78 Å². The minimum absolute atomic E-state index is 0.0638. The second-order valence-electron chi connectivity index (χ2n) is 4.53. The Kier molecular flexibility index (Phi) is 5.20. The van der Waals surface area contributed by atoms with Crippen molar-refractivity contribution >= 4 is 11.7 Å². The lowest BCUT2D eigenvalue weighted by atomic mass is 10.3. The van der Waals surface area contributed by atoms with Crippen molar-refractivity contribution in [3.05, 3.63) is 36.5 Å². The van der Waals surface area contributed by atoms with Gasteiger partial charge in [-0.2, -0.15) is 5.10 Å². The van der Waals surface area contributed by atoms with Crippen LogP contribution in [0.1, 0.15) is 13.3 Å². The van der Waals surface area contributed by atoms with Gasteiger partial charge < -0.3 is 14.8 Å². The van der Waals surface area contributed by atoms with Crippen LogP contribution in [-0.4, -0.2) is 28.9 Å². The highest BCUT2D eigenvalue weighted by molar-refractivity contribution is 5.90. The van der Waals surface area contributed by atoms with Crippen LogP contribution in [0.5, 0.6) is 11.5 Å². The van der Waals surface area contributed by atoms with Gasteiger partial charge in [-0.25, -0.2) is 0 Å². The Balaban J connectivity index is 1.78. The number of nitrogens with zero attached hydrogens (tertiary/aromatic N) is 2. The fraction of sp³-hybridized carbons (Fsp3) is 0.333. The number of ether oxygens (including phenoxy) is 2. The van der Waals surface area contributed by atoms with Gasteiger partial charge in [0.25, 0.3) is 5.91 Å². The third kappa shape index (κ3) is 4.83. The van der Waals surface area contributed by atoms with E-state index < -0.39 is 0 Å². The Labute approximate surface area is 123 Å². The van der Waals surface area contributed by atoms with Gasteiger partial charge in [-0.15, -0.1) is 0 Å². The van der Waals surface area contributed by atoms with E-state index in [2.05, 4.69) is 17.3 Å². The summed E-state index contributed by atoms with van der Waals surface area (Å²) in [6.45, 7) is 2.68. The molecule has 0 aliphatic rings. The van der Waals surface area contributed by atoms with Gasteiger partial charge in [-0.3, -0.25) is 9.48 Å². The van der Waals surface area contributed by atoms with E-state index in [4.69, 9.17) is 9.47 Å². The van der Waals surface area contributed by atoms with Gasteiger partial charge in [0.15, 0.2) is 12.4 Å². The summed E-state index contributed by atoms with van der Waals surface area (Å²) in [6, 6.07) is 8.92. The first-order valence-electron chi connectivity index (χ1n) is 6.82. The molecule has 0 radical (unpaired) electrons. The van der Waals surface area contributed by atoms with Crippen molar-refractivity contribution in [2.45, 2.75) is 13.3 Å². The fourth-order valence-electron chi connectivity index (χ4n) is 1.66. The van der Waals surface area contributed by atoms with Gasteiger partial charge in [0.1, 0.15) is 11.5 Å². The molecule has 21 heavy (non-hydrogen) atoms. The molecule has 1 aromatic carbocycles. The van der Waals surface area contributed by atoms with Gasteiger partial charge in [0, 0.05) is 19.3 Å². The molecule has 112 valence electrons. The Morgan fingerprint density at radius 3 is 2.43 bits per heavy atom. The molecule has 0 unspecified atom stereocenters. The van der Waals surface area contributed by atoms with Crippen LogP contribution in [0, 0.1) is 0 Å². The van der Waals surface area contributed by atoms with Crippen molar-refractivity contribution in [3.8, 4) is 11.5 Å². The summed E-state index contributed by atoms with van der Waals surface area (Å²) in [7, 11) is 1.79. The van der Waals surface area contributed by atoms with Crippen LogP contribution in [0.25, 0.3) is 0 Å². The van der Waals surface area contributed by atoms with Crippen LogP contribution in [-0.2, 0) is 11.8 Å². The number of carbonyl (C=O) groups is 1. The third-order valence-electron chi connectivity index (χ3n) is 2.65. The molecule has 1 heterocycles. The van der Waals surface area contributed by atoms with Gasteiger partial charge in [-0.1, -0.05) is 6.92 Å². The number of aromatic nitrogens is 2. The summed E-state index contributed by atoms with van der Waals surface area (Å²) in [5.41, 5.74) is 0. The lowest BCUT2D eigenvalue weighted by Crippen LogP contribution is -2.20. The van der Waals surface area contributed by atoms with E-state index >= 15 is 0 Å². The molecule has 0 saturated carbocycles. The molecule has 0 fully saturated rings. The third-order valence-corrected chi connectivity index (χ3v) is 2.65. The summed E-state index contributed by atoms with van der Waals surface area (Å²) < 4.78 is 12.5. The molecule has 1 aromatic heterocycles. The smallest absolute Gasteiger partial charge is 0.263 e. The second-order valence-corrected chi connectivity index (χ2v) is 4.53. The van der Waals surface area contributed by atoms with Crippen LogP contribution in [0.15, 0.2) is 36.5 Å². The van der Waals surface area contributed by atoms with E-state index in [-0.39, 0.29) is 12.5 Å². The highest BCUT2D eigenvalue weighted by atomic mass is 16.5. The normalized spacial score (nSPS) is 10.2. The molecule has 0 atom stereocenters. The first kappa shape index (κ1) is 14.9. The number of carbonyl (C=O) groups excluding carboxylic acids is 1. The number of aryl methyl sites for hydroxylation is 1. The van der Waals surface area contributed by atoms with Crippen molar-refractivity contribution in [2.24, 2.45) is 7.05 Å². The van der Waals surface area contributed by atoms with Crippen molar-refractivity contribution in [2.75, 3.05) is 18.5 Å². The maximum Gasteiger partial charge on any atom is 0.263 e. The van der Waals surface area contributed by atoms with Crippen LogP contribution in [0.3, 0.4) is 0 Å². The molecular weight excluding hydrogens is 270 g/mol. The van der Waals surface area contributed by atoms with E-state index in [0.717, 1.165) is 12.2 Å². The SMILES string of the molecule is CCCOc1ccc(OCC(=O)Nc2ccn(C)n2)cc1. The van der Waals surface area contributed by atoms with E-state index in [1.165, 1.54) is 0 Å². The number of anilines is 1. The zero-order valence-electron chi connectivity index (χ0n) is 12.2. The average molecular weight is 289 g/mol. The number of rotatable bonds is 7. The van der Waals surface area contributed by atoms with Crippen molar-refractivity contribution in [1.29, 1.82) is 0 Å². The zero-order valence-corrected chi connectivity index (χ0v) is 12.2. The number of nitrogens with one attached hydrogen (secondary N) is 1. The van der Waals surface area contributed by atoms with Crippen LogP contribution in [0.2, 0.25) is 0 Å². The molecule has 6 heteroatoms. The highest BCUT2D eigenvalue weighted by Gasteiger charge is 2.05. The molecule has 1 amide bonds. The molecule has 2 rings (SSSR count). The molecule has 1 N–H and O–H groups in total.